The molecule has 0 heterocycles. The van der Waals surface area contributed by atoms with E-state index in [9.17, 15) is 13.2 Å². The Hall–Kier alpha value is -0.290. The van der Waals surface area contributed by atoms with Gasteiger partial charge in [-0.05, 0) is 0 Å². The molecule has 0 amide bonds. The Morgan fingerprint density at radius 1 is 1.55 bits per heavy atom. The molecular weight excluding hydrogens is 192 g/mol. The lowest BCUT2D eigenvalue weighted by atomic mass is 10.5. The molecule has 0 aromatic carbocycles. The largest absolute Gasteiger partial charge is 0.469 e. The summed E-state index contributed by atoms with van der Waals surface area (Å²) in [5.74, 6) is -0.790. The zero-order valence-electron chi connectivity index (χ0n) is 6.04. The van der Waals surface area contributed by atoms with Crippen LogP contribution in [0.2, 0.25) is 0 Å². The van der Waals surface area contributed by atoms with Gasteiger partial charge in [-0.3, -0.25) is 4.79 Å². The highest BCUT2D eigenvalue weighted by Crippen LogP contribution is 1.97. The average Bonchev–Trinajstić information content (AvgIpc) is 2.00. The molecule has 0 radical (unpaired) electrons. The summed E-state index contributed by atoms with van der Waals surface area (Å²) in [5, 5.41) is -0.454. The molecule has 0 bridgehead atoms. The lowest BCUT2D eigenvalue weighted by molar-refractivity contribution is -0.140. The topological polar surface area (TPSA) is 60.4 Å². The fourth-order valence-electron chi connectivity index (χ4n) is 0.395. The molecule has 0 N–H and O–H groups in total. The van der Waals surface area contributed by atoms with E-state index in [1.54, 1.807) is 0 Å². The molecule has 6 heteroatoms. The van der Waals surface area contributed by atoms with Crippen molar-refractivity contribution in [3.63, 3.8) is 0 Å². The molecule has 0 saturated carbocycles. The predicted octanol–water partition coefficient (Wildman–Crippen LogP) is 0.161. The minimum absolute atomic E-state index is 0.133. The number of rotatable bonds is 4. The fraction of sp³-hybridized carbons (Fsp3) is 0.800. The maximum Gasteiger partial charge on any atom is 0.306 e. The fourth-order valence-corrected chi connectivity index (χ4v) is 1.31. The Balaban J connectivity index is 3.80. The van der Waals surface area contributed by atoms with Gasteiger partial charge in [-0.2, -0.15) is 0 Å². The summed E-state index contributed by atoms with van der Waals surface area (Å²) in [4.78, 5) is 10.4. The molecule has 0 aromatic heterocycles. The summed E-state index contributed by atoms with van der Waals surface area (Å²) >= 11 is 5.08. The van der Waals surface area contributed by atoms with E-state index >= 15 is 0 Å². The summed E-state index contributed by atoms with van der Waals surface area (Å²) in [6.07, 6.45) is -0.133. The quantitative estimate of drug-likeness (QED) is 0.479. The first-order valence-corrected chi connectivity index (χ1v) is 5.20. The van der Waals surface area contributed by atoms with E-state index in [0.717, 1.165) is 0 Å². The maximum absolute atomic E-state index is 10.7. The number of sulfone groups is 1. The Morgan fingerprint density at radius 3 is 2.45 bits per heavy atom. The van der Waals surface area contributed by atoms with Crippen molar-refractivity contribution >= 4 is 27.4 Å². The van der Waals surface area contributed by atoms with Crippen molar-refractivity contribution in [3.05, 3.63) is 0 Å². The number of carbonyl (C=O) groups excluding carboxylic acids is 1. The first-order chi connectivity index (χ1) is 5.02. The van der Waals surface area contributed by atoms with E-state index < -0.39 is 21.0 Å². The number of esters is 1. The van der Waals surface area contributed by atoms with Gasteiger partial charge in [-0.15, -0.1) is 11.6 Å². The van der Waals surface area contributed by atoms with Gasteiger partial charge >= 0.3 is 5.97 Å². The van der Waals surface area contributed by atoms with Gasteiger partial charge in [-0.25, -0.2) is 8.42 Å². The number of alkyl halides is 1. The second-order valence-corrected chi connectivity index (χ2v) is 4.65. The van der Waals surface area contributed by atoms with Crippen LogP contribution in [0, 0.1) is 0 Å². The van der Waals surface area contributed by atoms with E-state index in [1.807, 2.05) is 0 Å². The lowest BCUT2D eigenvalue weighted by Crippen LogP contribution is -2.12. The van der Waals surface area contributed by atoms with Crippen LogP contribution in [0.5, 0.6) is 0 Å². The van der Waals surface area contributed by atoms with Gasteiger partial charge in [0.2, 0.25) is 0 Å². The van der Waals surface area contributed by atoms with Crippen LogP contribution in [0.3, 0.4) is 0 Å². The highest BCUT2D eigenvalue weighted by atomic mass is 35.5. The summed E-state index contributed by atoms with van der Waals surface area (Å²) < 4.78 is 25.6. The van der Waals surface area contributed by atoms with E-state index in [0.29, 0.717) is 0 Å². The third-order valence-corrected chi connectivity index (χ3v) is 3.17. The van der Waals surface area contributed by atoms with Gasteiger partial charge in [0.05, 0.1) is 19.3 Å². The van der Waals surface area contributed by atoms with Crippen molar-refractivity contribution in [1.29, 1.82) is 0 Å². The van der Waals surface area contributed by atoms with Crippen LogP contribution < -0.4 is 0 Å². The highest BCUT2D eigenvalue weighted by molar-refractivity contribution is 7.92. The molecular formula is C5H9ClO4S. The molecule has 0 unspecified atom stereocenters. The zero-order valence-corrected chi connectivity index (χ0v) is 7.61. The number of ether oxygens (including phenoxy) is 1. The van der Waals surface area contributed by atoms with Gasteiger partial charge in [-0.1, -0.05) is 0 Å². The normalized spacial score (nSPS) is 11.1. The monoisotopic (exact) mass is 200 g/mol. The van der Waals surface area contributed by atoms with Gasteiger partial charge in [0, 0.05) is 0 Å². The van der Waals surface area contributed by atoms with Crippen LogP contribution in [0.25, 0.3) is 0 Å². The smallest absolute Gasteiger partial charge is 0.306 e. The number of halogens is 1. The van der Waals surface area contributed by atoms with E-state index in [-0.39, 0.29) is 12.2 Å². The zero-order chi connectivity index (χ0) is 8.91. The molecule has 66 valence electrons. The van der Waals surface area contributed by atoms with Gasteiger partial charge in [0.1, 0.15) is 5.21 Å². The molecule has 0 fully saturated rings. The van der Waals surface area contributed by atoms with Crippen LogP contribution in [-0.4, -0.2) is 32.5 Å². The van der Waals surface area contributed by atoms with Crippen LogP contribution in [0.15, 0.2) is 0 Å². The number of hydrogen-bond donors (Lipinski definition) is 0. The summed E-state index contributed by atoms with van der Waals surface area (Å²) in [6.45, 7) is 0. The molecule has 0 atom stereocenters. The van der Waals surface area contributed by atoms with Crippen LogP contribution in [0.1, 0.15) is 6.42 Å². The van der Waals surface area contributed by atoms with E-state index in [4.69, 9.17) is 11.6 Å². The van der Waals surface area contributed by atoms with Crippen LogP contribution >= 0.6 is 11.6 Å². The molecule has 0 aromatic rings. The summed E-state index contributed by atoms with van der Waals surface area (Å²) in [7, 11) is -2.06. The van der Waals surface area contributed by atoms with E-state index in [2.05, 4.69) is 4.74 Å². The van der Waals surface area contributed by atoms with Crippen LogP contribution in [-0.2, 0) is 19.4 Å². The van der Waals surface area contributed by atoms with Crippen molar-refractivity contribution < 1.29 is 17.9 Å². The standard InChI is InChI=1S/C5H9ClO4S/c1-10-5(7)2-3-11(8,9)4-6/h2-4H2,1H3. The average molecular weight is 201 g/mol. The third kappa shape index (κ3) is 5.03. The Labute approximate surface area is 70.4 Å². The van der Waals surface area contributed by atoms with Gasteiger partial charge in [0.25, 0.3) is 0 Å². The molecule has 0 rings (SSSR count). The number of methoxy groups -OCH3 is 1. The first-order valence-electron chi connectivity index (χ1n) is 2.85. The van der Waals surface area contributed by atoms with Gasteiger partial charge < -0.3 is 4.74 Å². The minimum atomic E-state index is -3.26. The van der Waals surface area contributed by atoms with E-state index in [1.165, 1.54) is 7.11 Å². The molecule has 0 spiro atoms. The van der Waals surface area contributed by atoms with Crippen molar-refractivity contribution in [2.45, 2.75) is 6.42 Å². The molecule has 0 aliphatic heterocycles. The number of carbonyl (C=O) groups is 1. The second kappa shape index (κ2) is 4.56. The van der Waals surface area contributed by atoms with Crippen molar-refractivity contribution in [2.75, 3.05) is 18.1 Å². The Morgan fingerprint density at radius 2 is 2.09 bits per heavy atom. The molecule has 0 aliphatic rings. The third-order valence-electron chi connectivity index (χ3n) is 1.01. The Kier molecular flexibility index (Phi) is 4.44. The van der Waals surface area contributed by atoms with Gasteiger partial charge in [0.15, 0.2) is 9.84 Å². The van der Waals surface area contributed by atoms with Crippen molar-refractivity contribution in [3.8, 4) is 0 Å². The Bertz CT molecular complexity index is 221. The lowest BCUT2D eigenvalue weighted by Gasteiger charge is -1.97. The maximum atomic E-state index is 10.7. The minimum Gasteiger partial charge on any atom is -0.469 e. The molecule has 0 aliphatic carbocycles. The molecule has 4 nitrogen and oxygen atoms in total. The molecule has 0 saturated heterocycles. The second-order valence-electron chi connectivity index (χ2n) is 1.88. The number of hydrogen-bond acceptors (Lipinski definition) is 4. The first kappa shape index (κ1) is 10.7. The molecule has 11 heavy (non-hydrogen) atoms. The van der Waals surface area contributed by atoms with Crippen LogP contribution in [0.4, 0.5) is 0 Å². The summed E-state index contributed by atoms with van der Waals surface area (Å²) in [5.41, 5.74) is 0. The van der Waals surface area contributed by atoms with Crippen molar-refractivity contribution in [1.82, 2.24) is 0 Å². The highest BCUT2D eigenvalue weighted by Gasteiger charge is 2.11. The van der Waals surface area contributed by atoms with Crippen molar-refractivity contribution in [2.24, 2.45) is 0 Å². The SMILES string of the molecule is COC(=O)CCS(=O)(=O)CCl. The summed E-state index contributed by atoms with van der Waals surface area (Å²) in [6, 6.07) is 0. The predicted molar refractivity (Wildman–Crippen MR) is 41.1 cm³/mol.